The Morgan fingerprint density at radius 2 is 2.26 bits per heavy atom. The van der Waals surface area contributed by atoms with Crippen LogP contribution in [0.1, 0.15) is 18.2 Å². The van der Waals surface area contributed by atoms with E-state index in [1.165, 1.54) is 11.3 Å². The second kappa shape index (κ2) is 5.93. The van der Waals surface area contributed by atoms with Crippen LogP contribution in [-0.2, 0) is 16.0 Å². The first-order valence-electron chi connectivity index (χ1n) is 5.97. The standard InChI is InChI=1S/C14H14FNO2S/c1-3-18-12(17)7-10-8-19-14(16-10)11-6-4-5-9(2)13(11)15/h4-6,8H,3,7H2,1-2H3. The molecule has 0 atom stereocenters. The number of nitrogens with zero attached hydrogens (tertiary/aromatic N) is 1. The van der Waals surface area contributed by atoms with E-state index in [9.17, 15) is 9.18 Å². The van der Waals surface area contributed by atoms with E-state index in [1.54, 1.807) is 37.4 Å². The number of carbonyl (C=O) groups excluding carboxylic acids is 1. The first kappa shape index (κ1) is 13.7. The second-order valence-electron chi connectivity index (χ2n) is 4.06. The Morgan fingerprint density at radius 3 is 3.00 bits per heavy atom. The van der Waals surface area contributed by atoms with Gasteiger partial charge in [0.1, 0.15) is 10.8 Å². The van der Waals surface area contributed by atoms with Crippen LogP contribution in [0.4, 0.5) is 4.39 Å². The van der Waals surface area contributed by atoms with Crippen LogP contribution >= 0.6 is 11.3 Å². The number of esters is 1. The molecule has 3 nitrogen and oxygen atoms in total. The molecule has 0 saturated heterocycles. The van der Waals surface area contributed by atoms with Crippen molar-refractivity contribution in [1.82, 2.24) is 4.98 Å². The number of rotatable bonds is 4. The molecular weight excluding hydrogens is 265 g/mol. The third kappa shape index (κ3) is 3.17. The molecule has 1 heterocycles. The zero-order chi connectivity index (χ0) is 13.8. The van der Waals surface area contributed by atoms with Crippen LogP contribution in [0.2, 0.25) is 0 Å². The summed E-state index contributed by atoms with van der Waals surface area (Å²) >= 11 is 1.33. The molecule has 0 saturated carbocycles. The minimum atomic E-state index is -0.316. The lowest BCUT2D eigenvalue weighted by molar-refractivity contribution is -0.142. The highest BCUT2D eigenvalue weighted by Crippen LogP contribution is 2.27. The van der Waals surface area contributed by atoms with E-state index in [0.29, 0.717) is 28.4 Å². The van der Waals surface area contributed by atoms with E-state index in [-0.39, 0.29) is 18.2 Å². The molecule has 0 fully saturated rings. The van der Waals surface area contributed by atoms with Gasteiger partial charge in [0.25, 0.3) is 0 Å². The molecule has 1 aromatic carbocycles. The second-order valence-corrected chi connectivity index (χ2v) is 4.92. The van der Waals surface area contributed by atoms with Crippen molar-refractivity contribution in [2.24, 2.45) is 0 Å². The van der Waals surface area contributed by atoms with Crippen molar-refractivity contribution < 1.29 is 13.9 Å². The molecule has 0 aliphatic heterocycles. The third-order valence-electron chi connectivity index (χ3n) is 2.60. The van der Waals surface area contributed by atoms with Crippen molar-refractivity contribution >= 4 is 17.3 Å². The van der Waals surface area contributed by atoms with Crippen LogP contribution in [0.15, 0.2) is 23.6 Å². The molecule has 100 valence electrons. The van der Waals surface area contributed by atoms with Crippen molar-refractivity contribution in [2.45, 2.75) is 20.3 Å². The van der Waals surface area contributed by atoms with Gasteiger partial charge in [-0.2, -0.15) is 0 Å². The summed E-state index contributed by atoms with van der Waals surface area (Å²) in [5.74, 6) is -0.580. The highest BCUT2D eigenvalue weighted by molar-refractivity contribution is 7.13. The minimum absolute atomic E-state index is 0.123. The maximum Gasteiger partial charge on any atom is 0.311 e. The number of hydrogen-bond donors (Lipinski definition) is 0. The topological polar surface area (TPSA) is 39.2 Å². The predicted molar refractivity (Wildman–Crippen MR) is 72.6 cm³/mol. The summed E-state index contributed by atoms with van der Waals surface area (Å²) < 4.78 is 18.8. The first-order chi connectivity index (χ1) is 9.11. The molecule has 0 bridgehead atoms. The van der Waals surface area contributed by atoms with Gasteiger partial charge in [-0.1, -0.05) is 12.1 Å². The average Bonchev–Trinajstić information content (AvgIpc) is 2.81. The van der Waals surface area contributed by atoms with Gasteiger partial charge in [0.15, 0.2) is 0 Å². The Kier molecular flexibility index (Phi) is 4.27. The van der Waals surface area contributed by atoms with Crippen LogP contribution in [0.25, 0.3) is 10.6 Å². The Hall–Kier alpha value is -1.75. The van der Waals surface area contributed by atoms with E-state index in [0.717, 1.165) is 0 Å². The Morgan fingerprint density at radius 1 is 1.47 bits per heavy atom. The SMILES string of the molecule is CCOC(=O)Cc1csc(-c2cccc(C)c2F)n1. The maximum absolute atomic E-state index is 14.0. The van der Waals surface area contributed by atoms with Crippen molar-refractivity contribution in [3.63, 3.8) is 0 Å². The van der Waals surface area contributed by atoms with Crippen molar-refractivity contribution in [3.8, 4) is 10.6 Å². The van der Waals surface area contributed by atoms with Gasteiger partial charge >= 0.3 is 5.97 Å². The van der Waals surface area contributed by atoms with Crippen molar-refractivity contribution in [3.05, 3.63) is 40.7 Å². The number of ether oxygens (including phenoxy) is 1. The molecule has 0 aliphatic rings. The molecule has 2 aromatic rings. The maximum atomic E-state index is 14.0. The molecule has 0 spiro atoms. The number of carbonyl (C=O) groups is 1. The van der Waals surface area contributed by atoms with E-state index in [1.807, 2.05) is 0 Å². The predicted octanol–water partition coefficient (Wildman–Crippen LogP) is 3.36. The molecule has 0 unspecified atom stereocenters. The Balaban J connectivity index is 2.21. The molecule has 0 aliphatic carbocycles. The number of hydrogen-bond acceptors (Lipinski definition) is 4. The first-order valence-corrected chi connectivity index (χ1v) is 6.85. The summed E-state index contributed by atoms with van der Waals surface area (Å²) in [5.41, 5.74) is 1.67. The third-order valence-corrected chi connectivity index (χ3v) is 3.53. The largest absolute Gasteiger partial charge is 0.466 e. The lowest BCUT2D eigenvalue weighted by atomic mass is 10.1. The van der Waals surface area contributed by atoms with E-state index in [4.69, 9.17) is 4.74 Å². The fraction of sp³-hybridized carbons (Fsp3) is 0.286. The molecule has 0 radical (unpaired) electrons. The summed E-state index contributed by atoms with van der Waals surface area (Å²) in [4.78, 5) is 15.6. The fourth-order valence-electron chi connectivity index (χ4n) is 1.68. The summed E-state index contributed by atoms with van der Waals surface area (Å²) in [6, 6.07) is 5.20. The van der Waals surface area contributed by atoms with Gasteiger partial charge < -0.3 is 4.74 Å². The number of thiazole rings is 1. The molecule has 0 amide bonds. The number of benzene rings is 1. The Labute approximate surface area is 115 Å². The minimum Gasteiger partial charge on any atom is -0.466 e. The fourth-order valence-corrected chi connectivity index (χ4v) is 2.52. The summed E-state index contributed by atoms with van der Waals surface area (Å²) in [7, 11) is 0. The van der Waals surface area contributed by atoms with Crippen molar-refractivity contribution in [1.29, 1.82) is 0 Å². The zero-order valence-electron chi connectivity index (χ0n) is 10.8. The molecule has 2 rings (SSSR count). The van der Waals surface area contributed by atoms with Crippen molar-refractivity contribution in [2.75, 3.05) is 6.61 Å². The smallest absolute Gasteiger partial charge is 0.311 e. The lowest BCUT2D eigenvalue weighted by Gasteiger charge is -2.01. The summed E-state index contributed by atoms with van der Waals surface area (Å²) in [6.07, 6.45) is 0.123. The monoisotopic (exact) mass is 279 g/mol. The lowest BCUT2D eigenvalue weighted by Crippen LogP contribution is -2.07. The molecule has 5 heteroatoms. The number of aromatic nitrogens is 1. The van der Waals surface area contributed by atoms with Gasteiger partial charge in [-0.25, -0.2) is 9.37 Å². The van der Waals surface area contributed by atoms with Gasteiger partial charge in [-0.05, 0) is 25.5 Å². The van der Waals surface area contributed by atoms with E-state index < -0.39 is 0 Å². The Bertz CT molecular complexity index is 595. The normalized spacial score (nSPS) is 10.5. The molecule has 0 N–H and O–H groups in total. The van der Waals surface area contributed by atoms with E-state index in [2.05, 4.69) is 4.98 Å². The zero-order valence-corrected chi connectivity index (χ0v) is 11.6. The van der Waals surface area contributed by atoms with Crippen LogP contribution in [0.5, 0.6) is 0 Å². The van der Waals surface area contributed by atoms with Gasteiger partial charge in [-0.15, -0.1) is 11.3 Å². The molecular formula is C14H14FNO2S. The highest BCUT2D eigenvalue weighted by Gasteiger charge is 2.13. The quantitative estimate of drug-likeness (QED) is 0.806. The van der Waals surface area contributed by atoms with Crippen LogP contribution in [-0.4, -0.2) is 17.6 Å². The van der Waals surface area contributed by atoms with Gasteiger partial charge in [0.05, 0.1) is 18.7 Å². The van der Waals surface area contributed by atoms with Crippen LogP contribution < -0.4 is 0 Å². The van der Waals surface area contributed by atoms with Crippen LogP contribution in [0.3, 0.4) is 0 Å². The number of halogens is 1. The average molecular weight is 279 g/mol. The van der Waals surface area contributed by atoms with Crippen LogP contribution in [0, 0.1) is 12.7 Å². The number of aryl methyl sites for hydroxylation is 1. The van der Waals surface area contributed by atoms with E-state index >= 15 is 0 Å². The highest BCUT2D eigenvalue weighted by atomic mass is 32.1. The van der Waals surface area contributed by atoms with Gasteiger partial charge in [0, 0.05) is 10.9 Å². The molecule has 19 heavy (non-hydrogen) atoms. The summed E-state index contributed by atoms with van der Waals surface area (Å²) in [6.45, 7) is 3.82. The van der Waals surface area contributed by atoms with Gasteiger partial charge in [-0.3, -0.25) is 4.79 Å². The van der Waals surface area contributed by atoms with Gasteiger partial charge in [0.2, 0.25) is 0 Å². The summed E-state index contributed by atoms with van der Waals surface area (Å²) in [5, 5.41) is 2.34. The molecule has 1 aromatic heterocycles.